The van der Waals surface area contributed by atoms with E-state index in [2.05, 4.69) is 56.1 Å². The van der Waals surface area contributed by atoms with Crippen LogP contribution in [0.15, 0.2) is 48.5 Å². The molecule has 0 amide bonds. The summed E-state index contributed by atoms with van der Waals surface area (Å²) >= 11 is 1.67. The van der Waals surface area contributed by atoms with Gasteiger partial charge in [0.25, 0.3) is 0 Å². The highest BCUT2D eigenvalue weighted by Crippen LogP contribution is 2.30. The van der Waals surface area contributed by atoms with E-state index in [1.165, 1.54) is 10.3 Å². The third-order valence-corrected chi connectivity index (χ3v) is 4.83. The van der Waals surface area contributed by atoms with E-state index in [1.807, 2.05) is 18.2 Å². The Morgan fingerprint density at radius 2 is 1.67 bits per heavy atom. The van der Waals surface area contributed by atoms with Gasteiger partial charge in [-0.15, -0.1) is 11.3 Å². The van der Waals surface area contributed by atoms with E-state index in [0.29, 0.717) is 0 Å². The quantitative estimate of drug-likeness (QED) is 0.748. The number of para-hydroxylation sites is 1. The summed E-state index contributed by atoms with van der Waals surface area (Å²) in [5, 5.41) is 0.972. The van der Waals surface area contributed by atoms with Crippen molar-refractivity contribution < 1.29 is 0 Å². The Hall–Kier alpha value is -1.71. The Balaban J connectivity index is 1.92. The molecule has 1 heterocycles. The van der Waals surface area contributed by atoms with Crippen molar-refractivity contribution in [1.82, 2.24) is 4.98 Å². The smallest absolute Gasteiger partial charge is 0.115 e. The maximum absolute atomic E-state index is 6.39. The van der Waals surface area contributed by atoms with Gasteiger partial charge in [-0.3, -0.25) is 0 Å². The number of rotatable bonds is 2. The summed E-state index contributed by atoms with van der Waals surface area (Å²) in [7, 11) is 0. The molecule has 0 bridgehead atoms. The lowest BCUT2D eigenvalue weighted by atomic mass is 9.86. The van der Waals surface area contributed by atoms with Crippen LogP contribution in [-0.2, 0) is 5.41 Å². The first-order valence-corrected chi connectivity index (χ1v) is 7.98. The SMILES string of the molecule is CC(C)(C)c1ccc(C(N)c2nc3ccccc3s2)cc1. The first kappa shape index (κ1) is 14.2. The number of nitrogens with zero attached hydrogens (tertiary/aromatic N) is 1. The van der Waals surface area contributed by atoms with Gasteiger partial charge in [-0.2, -0.15) is 0 Å². The molecule has 3 rings (SSSR count). The summed E-state index contributed by atoms with van der Waals surface area (Å²) in [6.45, 7) is 6.65. The zero-order chi connectivity index (χ0) is 15.0. The first-order chi connectivity index (χ1) is 9.95. The van der Waals surface area contributed by atoms with Crippen molar-refractivity contribution in [1.29, 1.82) is 0 Å². The number of thiazole rings is 1. The third-order valence-electron chi connectivity index (χ3n) is 3.71. The number of fused-ring (bicyclic) bond motifs is 1. The van der Waals surface area contributed by atoms with Gasteiger partial charge in [0.1, 0.15) is 5.01 Å². The summed E-state index contributed by atoms with van der Waals surface area (Å²) in [6, 6.07) is 16.6. The zero-order valence-corrected chi connectivity index (χ0v) is 13.4. The fourth-order valence-corrected chi connectivity index (χ4v) is 3.35. The monoisotopic (exact) mass is 296 g/mol. The predicted octanol–water partition coefficient (Wildman–Crippen LogP) is 4.64. The second-order valence-corrected chi connectivity index (χ2v) is 7.43. The van der Waals surface area contributed by atoms with E-state index < -0.39 is 0 Å². The van der Waals surface area contributed by atoms with Gasteiger partial charge in [0, 0.05) is 0 Å². The number of aromatic nitrogens is 1. The fraction of sp³-hybridized carbons (Fsp3) is 0.278. The van der Waals surface area contributed by atoms with Gasteiger partial charge in [0.2, 0.25) is 0 Å². The van der Waals surface area contributed by atoms with Gasteiger partial charge in [-0.1, -0.05) is 57.2 Å². The van der Waals surface area contributed by atoms with E-state index in [9.17, 15) is 0 Å². The molecule has 1 unspecified atom stereocenters. The van der Waals surface area contributed by atoms with E-state index in [0.717, 1.165) is 16.1 Å². The van der Waals surface area contributed by atoms with Crippen molar-refractivity contribution >= 4 is 21.6 Å². The van der Waals surface area contributed by atoms with Crippen molar-refractivity contribution in [2.75, 3.05) is 0 Å². The molecule has 3 heteroatoms. The molecule has 2 nitrogen and oxygen atoms in total. The molecule has 0 saturated heterocycles. The van der Waals surface area contributed by atoms with Crippen molar-refractivity contribution in [3.63, 3.8) is 0 Å². The maximum Gasteiger partial charge on any atom is 0.115 e. The van der Waals surface area contributed by atoms with Crippen molar-refractivity contribution in [3.05, 3.63) is 64.7 Å². The molecule has 1 atom stereocenters. The summed E-state index contributed by atoms with van der Waals surface area (Å²) < 4.78 is 1.19. The lowest BCUT2D eigenvalue weighted by molar-refractivity contribution is 0.589. The Morgan fingerprint density at radius 1 is 1.00 bits per heavy atom. The minimum absolute atomic E-state index is 0.156. The molecule has 2 aromatic carbocycles. The van der Waals surface area contributed by atoms with Crippen LogP contribution in [0.3, 0.4) is 0 Å². The van der Waals surface area contributed by atoms with Crippen LogP contribution in [0.25, 0.3) is 10.2 Å². The molecule has 0 spiro atoms. The summed E-state index contributed by atoms with van der Waals surface area (Å²) in [4.78, 5) is 4.65. The normalized spacial score (nSPS) is 13.5. The van der Waals surface area contributed by atoms with Gasteiger partial charge in [-0.05, 0) is 28.7 Å². The summed E-state index contributed by atoms with van der Waals surface area (Å²) in [5.41, 5.74) is 10.0. The Bertz CT molecular complexity index is 718. The molecular formula is C18H20N2S. The minimum Gasteiger partial charge on any atom is -0.318 e. The van der Waals surface area contributed by atoms with Crippen molar-refractivity contribution in [2.45, 2.75) is 32.2 Å². The molecule has 0 saturated carbocycles. The van der Waals surface area contributed by atoms with Crippen LogP contribution in [0, 0.1) is 0 Å². The molecule has 2 N–H and O–H groups in total. The molecule has 21 heavy (non-hydrogen) atoms. The highest BCUT2D eigenvalue weighted by atomic mass is 32.1. The molecule has 0 radical (unpaired) electrons. The average Bonchev–Trinajstić information content (AvgIpc) is 2.89. The second kappa shape index (κ2) is 5.24. The lowest BCUT2D eigenvalue weighted by Crippen LogP contribution is -2.14. The van der Waals surface area contributed by atoms with Gasteiger partial charge >= 0.3 is 0 Å². The molecule has 3 aromatic rings. The standard InChI is InChI=1S/C18H20N2S/c1-18(2,3)13-10-8-12(9-11-13)16(19)17-20-14-6-4-5-7-15(14)21-17/h4-11,16H,19H2,1-3H3. The Kier molecular flexibility index (Phi) is 3.56. The Morgan fingerprint density at radius 3 is 2.29 bits per heavy atom. The zero-order valence-electron chi connectivity index (χ0n) is 12.6. The van der Waals surface area contributed by atoms with Crippen LogP contribution in [0.4, 0.5) is 0 Å². The van der Waals surface area contributed by atoms with Gasteiger partial charge in [0.15, 0.2) is 0 Å². The Labute approximate surface area is 129 Å². The maximum atomic E-state index is 6.39. The summed E-state index contributed by atoms with van der Waals surface area (Å²) in [5.74, 6) is 0. The number of nitrogens with two attached hydrogens (primary N) is 1. The van der Waals surface area contributed by atoms with Crippen LogP contribution in [0.5, 0.6) is 0 Å². The van der Waals surface area contributed by atoms with Gasteiger partial charge < -0.3 is 5.73 Å². The molecule has 0 fully saturated rings. The summed E-state index contributed by atoms with van der Waals surface area (Å²) in [6.07, 6.45) is 0. The molecule has 0 aliphatic rings. The molecular weight excluding hydrogens is 276 g/mol. The lowest BCUT2D eigenvalue weighted by Gasteiger charge is -2.19. The molecule has 1 aromatic heterocycles. The van der Waals surface area contributed by atoms with E-state index in [1.54, 1.807) is 11.3 Å². The predicted molar refractivity (Wildman–Crippen MR) is 90.8 cm³/mol. The highest BCUT2D eigenvalue weighted by Gasteiger charge is 2.17. The third kappa shape index (κ3) is 2.85. The van der Waals surface area contributed by atoms with Crippen molar-refractivity contribution in [2.24, 2.45) is 5.73 Å². The van der Waals surface area contributed by atoms with Crippen LogP contribution in [-0.4, -0.2) is 4.98 Å². The van der Waals surface area contributed by atoms with Crippen LogP contribution >= 0.6 is 11.3 Å². The van der Waals surface area contributed by atoms with E-state index in [-0.39, 0.29) is 11.5 Å². The van der Waals surface area contributed by atoms with Gasteiger partial charge in [-0.25, -0.2) is 4.98 Å². The molecule has 0 aliphatic heterocycles. The van der Waals surface area contributed by atoms with E-state index in [4.69, 9.17) is 5.73 Å². The topological polar surface area (TPSA) is 38.9 Å². The average molecular weight is 296 g/mol. The second-order valence-electron chi connectivity index (χ2n) is 6.37. The van der Waals surface area contributed by atoms with Gasteiger partial charge in [0.05, 0.1) is 16.3 Å². The number of hydrogen-bond acceptors (Lipinski definition) is 3. The van der Waals surface area contributed by atoms with Crippen molar-refractivity contribution in [3.8, 4) is 0 Å². The first-order valence-electron chi connectivity index (χ1n) is 7.16. The largest absolute Gasteiger partial charge is 0.318 e. The highest BCUT2D eigenvalue weighted by molar-refractivity contribution is 7.18. The van der Waals surface area contributed by atoms with E-state index >= 15 is 0 Å². The van der Waals surface area contributed by atoms with Crippen LogP contribution < -0.4 is 5.73 Å². The number of benzene rings is 2. The van der Waals surface area contributed by atoms with Crippen LogP contribution in [0.2, 0.25) is 0 Å². The number of hydrogen-bond donors (Lipinski definition) is 1. The fourth-order valence-electron chi connectivity index (χ4n) is 2.36. The van der Waals surface area contributed by atoms with Crippen LogP contribution in [0.1, 0.15) is 42.9 Å². The molecule has 0 aliphatic carbocycles. The molecule has 108 valence electrons. The minimum atomic E-state index is -0.156.